The summed E-state index contributed by atoms with van der Waals surface area (Å²) in [6.07, 6.45) is 0. The van der Waals surface area contributed by atoms with Crippen molar-refractivity contribution < 1.29 is 9.84 Å². The molecule has 2 nitrogen and oxygen atoms in total. The molecule has 0 aliphatic rings. The summed E-state index contributed by atoms with van der Waals surface area (Å²) in [7, 11) is 1.65. The fourth-order valence-electron chi connectivity index (χ4n) is 1.65. The van der Waals surface area contributed by atoms with Gasteiger partial charge in [0.1, 0.15) is 11.5 Å². The van der Waals surface area contributed by atoms with Crippen LogP contribution in [0.1, 0.15) is 5.56 Å². The lowest BCUT2D eigenvalue weighted by atomic mass is 10.0. The number of aryl methyl sites for hydroxylation is 1. The highest BCUT2D eigenvalue weighted by Gasteiger charge is 2.05. The molecule has 2 heteroatoms. The van der Waals surface area contributed by atoms with Crippen molar-refractivity contribution in [2.75, 3.05) is 7.11 Å². The quantitative estimate of drug-likeness (QED) is 0.745. The summed E-state index contributed by atoms with van der Waals surface area (Å²) in [5.74, 6) is 1.16. The summed E-state index contributed by atoms with van der Waals surface area (Å²) >= 11 is 0. The SMILES string of the molecule is COc1cccc2c(C)c(O)ccc12. The molecule has 0 aliphatic carbocycles. The average Bonchev–Trinajstić information content (AvgIpc) is 2.23. The summed E-state index contributed by atoms with van der Waals surface area (Å²) in [6.45, 7) is 1.90. The fraction of sp³-hybridized carbons (Fsp3) is 0.167. The van der Waals surface area contributed by atoms with Gasteiger partial charge in [0.05, 0.1) is 7.11 Å². The Bertz CT molecular complexity index is 475. The molecule has 0 aliphatic heterocycles. The van der Waals surface area contributed by atoms with Gasteiger partial charge in [-0.2, -0.15) is 0 Å². The standard InChI is InChI=1S/C12H12O2/c1-8-9-4-3-5-12(14-2)10(9)6-7-11(8)13/h3-7,13H,1-2H3. The number of aromatic hydroxyl groups is 1. The first kappa shape index (κ1) is 8.88. The number of benzene rings is 2. The molecule has 0 saturated heterocycles. The highest BCUT2D eigenvalue weighted by Crippen LogP contribution is 2.31. The van der Waals surface area contributed by atoms with Gasteiger partial charge in [0, 0.05) is 5.39 Å². The molecule has 0 radical (unpaired) electrons. The van der Waals surface area contributed by atoms with Crippen LogP contribution >= 0.6 is 0 Å². The molecule has 0 heterocycles. The van der Waals surface area contributed by atoms with Gasteiger partial charge < -0.3 is 9.84 Å². The van der Waals surface area contributed by atoms with E-state index < -0.39 is 0 Å². The van der Waals surface area contributed by atoms with Crippen molar-refractivity contribution in [3.05, 3.63) is 35.9 Å². The number of phenolic OH excluding ortho intramolecular Hbond substituents is 1. The van der Waals surface area contributed by atoms with Crippen molar-refractivity contribution in [1.82, 2.24) is 0 Å². The van der Waals surface area contributed by atoms with Crippen molar-refractivity contribution in [3.8, 4) is 11.5 Å². The van der Waals surface area contributed by atoms with Gasteiger partial charge in [-0.05, 0) is 36.1 Å². The average molecular weight is 188 g/mol. The van der Waals surface area contributed by atoms with Crippen LogP contribution in [-0.2, 0) is 0 Å². The second-order valence-corrected chi connectivity index (χ2v) is 3.27. The smallest absolute Gasteiger partial charge is 0.126 e. The van der Waals surface area contributed by atoms with E-state index in [1.54, 1.807) is 13.2 Å². The van der Waals surface area contributed by atoms with Crippen LogP contribution in [0.5, 0.6) is 11.5 Å². The fourth-order valence-corrected chi connectivity index (χ4v) is 1.65. The van der Waals surface area contributed by atoms with Gasteiger partial charge in [-0.1, -0.05) is 12.1 Å². The minimum absolute atomic E-state index is 0.325. The normalized spacial score (nSPS) is 10.4. The first-order valence-electron chi connectivity index (χ1n) is 4.49. The summed E-state index contributed by atoms with van der Waals surface area (Å²) < 4.78 is 5.24. The minimum atomic E-state index is 0.325. The lowest BCUT2D eigenvalue weighted by Gasteiger charge is -2.08. The molecule has 14 heavy (non-hydrogen) atoms. The topological polar surface area (TPSA) is 29.5 Å². The van der Waals surface area contributed by atoms with E-state index in [1.807, 2.05) is 31.2 Å². The molecule has 0 spiro atoms. The highest BCUT2D eigenvalue weighted by atomic mass is 16.5. The van der Waals surface area contributed by atoms with Gasteiger partial charge in [0.2, 0.25) is 0 Å². The van der Waals surface area contributed by atoms with Crippen LogP contribution in [0.15, 0.2) is 30.3 Å². The second kappa shape index (κ2) is 3.22. The number of ether oxygens (including phenoxy) is 1. The Labute approximate surface area is 82.8 Å². The van der Waals surface area contributed by atoms with E-state index in [9.17, 15) is 5.11 Å². The molecule has 2 aromatic rings. The largest absolute Gasteiger partial charge is 0.508 e. The zero-order chi connectivity index (χ0) is 10.1. The third kappa shape index (κ3) is 1.20. The second-order valence-electron chi connectivity index (χ2n) is 3.27. The Kier molecular flexibility index (Phi) is 2.04. The van der Waals surface area contributed by atoms with Gasteiger partial charge in [-0.15, -0.1) is 0 Å². The summed E-state index contributed by atoms with van der Waals surface area (Å²) in [5, 5.41) is 11.6. The van der Waals surface area contributed by atoms with Crippen LogP contribution in [-0.4, -0.2) is 12.2 Å². The molecule has 0 unspecified atom stereocenters. The third-order valence-electron chi connectivity index (χ3n) is 2.48. The summed E-state index contributed by atoms with van der Waals surface area (Å²) in [4.78, 5) is 0. The molecule has 2 rings (SSSR count). The molecule has 72 valence electrons. The van der Waals surface area contributed by atoms with E-state index in [4.69, 9.17) is 4.74 Å². The number of rotatable bonds is 1. The predicted octanol–water partition coefficient (Wildman–Crippen LogP) is 2.86. The number of phenols is 1. The Morgan fingerprint density at radius 3 is 2.57 bits per heavy atom. The van der Waals surface area contributed by atoms with Crippen molar-refractivity contribution in [1.29, 1.82) is 0 Å². The maximum absolute atomic E-state index is 9.54. The molecular formula is C12H12O2. The van der Waals surface area contributed by atoms with Gasteiger partial charge >= 0.3 is 0 Å². The van der Waals surface area contributed by atoms with E-state index in [-0.39, 0.29) is 0 Å². The Hall–Kier alpha value is -1.70. The summed E-state index contributed by atoms with van der Waals surface area (Å²) in [6, 6.07) is 9.38. The van der Waals surface area contributed by atoms with Crippen LogP contribution in [0.3, 0.4) is 0 Å². The van der Waals surface area contributed by atoms with Crippen LogP contribution in [0.4, 0.5) is 0 Å². The van der Waals surface area contributed by atoms with Gasteiger partial charge in [0.15, 0.2) is 0 Å². The Balaban J connectivity index is 2.86. The van der Waals surface area contributed by atoms with E-state index >= 15 is 0 Å². The predicted molar refractivity (Wildman–Crippen MR) is 56.9 cm³/mol. The zero-order valence-corrected chi connectivity index (χ0v) is 8.24. The monoisotopic (exact) mass is 188 g/mol. The van der Waals surface area contributed by atoms with Crippen molar-refractivity contribution in [3.63, 3.8) is 0 Å². The van der Waals surface area contributed by atoms with Crippen LogP contribution in [0.2, 0.25) is 0 Å². The molecule has 0 amide bonds. The highest BCUT2D eigenvalue weighted by molar-refractivity contribution is 5.92. The first-order chi connectivity index (χ1) is 6.74. The lowest BCUT2D eigenvalue weighted by Crippen LogP contribution is -1.86. The maximum atomic E-state index is 9.54. The number of hydrogen-bond acceptors (Lipinski definition) is 2. The molecule has 0 aromatic heterocycles. The third-order valence-corrected chi connectivity index (χ3v) is 2.48. The van der Waals surface area contributed by atoms with Crippen molar-refractivity contribution in [2.24, 2.45) is 0 Å². The Morgan fingerprint density at radius 2 is 1.86 bits per heavy atom. The first-order valence-corrected chi connectivity index (χ1v) is 4.49. The lowest BCUT2D eigenvalue weighted by molar-refractivity contribution is 0.419. The van der Waals surface area contributed by atoms with E-state index in [1.165, 1.54) is 0 Å². The van der Waals surface area contributed by atoms with E-state index in [0.29, 0.717) is 5.75 Å². The molecule has 0 saturated carbocycles. The maximum Gasteiger partial charge on any atom is 0.126 e. The molecule has 0 bridgehead atoms. The zero-order valence-electron chi connectivity index (χ0n) is 8.24. The summed E-state index contributed by atoms with van der Waals surface area (Å²) in [5.41, 5.74) is 0.890. The van der Waals surface area contributed by atoms with E-state index in [0.717, 1.165) is 22.1 Å². The molecular weight excluding hydrogens is 176 g/mol. The molecule has 0 atom stereocenters. The van der Waals surface area contributed by atoms with Crippen LogP contribution in [0, 0.1) is 6.92 Å². The number of methoxy groups -OCH3 is 1. The molecule has 0 fully saturated rings. The minimum Gasteiger partial charge on any atom is -0.508 e. The number of fused-ring (bicyclic) bond motifs is 1. The Morgan fingerprint density at radius 1 is 1.07 bits per heavy atom. The molecule has 2 aromatic carbocycles. The van der Waals surface area contributed by atoms with Crippen molar-refractivity contribution in [2.45, 2.75) is 6.92 Å². The van der Waals surface area contributed by atoms with Crippen molar-refractivity contribution >= 4 is 10.8 Å². The van der Waals surface area contributed by atoms with Crippen LogP contribution < -0.4 is 4.74 Å². The van der Waals surface area contributed by atoms with Gasteiger partial charge in [-0.25, -0.2) is 0 Å². The van der Waals surface area contributed by atoms with E-state index in [2.05, 4.69) is 0 Å². The van der Waals surface area contributed by atoms with Crippen LogP contribution in [0.25, 0.3) is 10.8 Å². The van der Waals surface area contributed by atoms with Gasteiger partial charge in [-0.3, -0.25) is 0 Å². The number of hydrogen-bond donors (Lipinski definition) is 1. The molecule has 1 N–H and O–H groups in total. The van der Waals surface area contributed by atoms with Gasteiger partial charge in [0.25, 0.3) is 0 Å².